The lowest BCUT2D eigenvalue weighted by Gasteiger charge is -2.06. The summed E-state index contributed by atoms with van der Waals surface area (Å²) in [7, 11) is 1.58. The molecule has 0 aliphatic carbocycles. The number of hydrogen-bond acceptors (Lipinski definition) is 4. The van der Waals surface area contributed by atoms with Gasteiger partial charge in [0.25, 0.3) is 5.56 Å². The second-order valence-electron chi connectivity index (χ2n) is 6.87. The van der Waals surface area contributed by atoms with E-state index in [1.807, 2.05) is 13.1 Å². The average Bonchev–Trinajstić information content (AvgIpc) is 3.09. The molecule has 26 heavy (non-hydrogen) atoms. The zero-order valence-electron chi connectivity index (χ0n) is 15.8. The number of fused-ring (bicyclic) bond motifs is 3. The van der Waals surface area contributed by atoms with Gasteiger partial charge in [0.2, 0.25) is 5.78 Å². The van der Waals surface area contributed by atoms with E-state index in [0.717, 1.165) is 29.6 Å². The molecule has 3 aromatic heterocycles. The lowest BCUT2D eigenvalue weighted by Crippen LogP contribution is -2.40. The molecule has 140 valence electrons. The van der Waals surface area contributed by atoms with Gasteiger partial charge in [-0.2, -0.15) is 4.98 Å². The number of ketones is 1. The lowest BCUT2D eigenvalue weighted by molar-refractivity contribution is -0.117. The molecule has 3 rings (SSSR count). The van der Waals surface area contributed by atoms with Crippen LogP contribution in [0.2, 0.25) is 0 Å². The molecule has 0 saturated carbocycles. The molecule has 0 saturated heterocycles. The van der Waals surface area contributed by atoms with Gasteiger partial charge in [0.1, 0.15) is 5.78 Å². The average molecular weight is 359 g/mol. The number of nitrogens with zero attached hydrogens (tertiary/aromatic N) is 5. The summed E-state index contributed by atoms with van der Waals surface area (Å²) in [5, 5.41) is 0. The zero-order chi connectivity index (χ0) is 19.0. The Bertz CT molecular complexity index is 1100. The van der Waals surface area contributed by atoms with E-state index in [0.29, 0.717) is 16.9 Å². The number of imidazole rings is 2. The van der Waals surface area contributed by atoms with E-state index in [1.165, 1.54) is 24.3 Å². The molecule has 0 bridgehead atoms. The molecule has 3 aromatic rings. The molecule has 0 aliphatic rings. The van der Waals surface area contributed by atoms with Gasteiger partial charge in [-0.05, 0) is 20.3 Å². The van der Waals surface area contributed by atoms with E-state index in [4.69, 9.17) is 0 Å². The van der Waals surface area contributed by atoms with E-state index in [2.05, 4.69) is 16.5 Å². The standard InChI is InChI=1S/C18H25N5O3/c1-5-6-7-8-9-21-12(2)10-22-14-15(19-17(21)22)20(4)18(26)23(16(14)25)11-13(3)24/h10H,5-9,11H2,1-4H3. The van der Waals surface area contributed by atoms with Crippen LogP contribution in [0.5, 0.6) is 0 Å². The summed E-state index contributed by atoms with van der Waals surface area (Å²) in [6.45, 7) is 6.11. The summed E-state index contributed by atoms with van der Waals surface area (Å²) in [5.41, 5.74) is 0.687. The normalized spacial score (nSPS) is 11.7. The smallest absolute Gasteiger partial charge is 0.314 e. The summed E-state index contributed by atoms with van der Waals surface area (Å²) in [5.74, 6) is 0.413. The molecule has 0 aromatic carbocycles. The Morgan fingerprint density at radius 3 is 2.54 bits per heavy atom. The van der Waals surface area contributed by atoms with Crippen LogP contribution < -0.4 is 11.2 Å². The molecule has 0 fully saturated rings. The second-order valence-corrected chi connectivity index (χ2v) is 6.87. The summed E-state index contributed by atoms with van der Waals surface area (Å²) in [4.78, 5) is 41.3. The van der Waals surface area contributed by atoms with Gasteiger partial charge >= 0.3 is 5.69 Å². The summed E-state index contributed by atoms with van der Waals surface area (Å²) >= 11 is 0. The maximum atomic E-state index is 12.9. The third-order valence-corrected chi connectivity index (χ3v) is 4.76. The van der Waals surface area contributed by atoms with Crippen LogP contribution in [0.4, 0.5) is 0 Å². The van der Waals surface area contributed by atoms with Crippen LogP contribution in [-0.4, -0.2) is 28.9 Å². The first-order valence-corrected chi connectivity index (χ1v) is 9.04. The quantitative estimate of drug-likeness (QED) is 0.600. The number of unbranched alkanes of at least 4 members (excludes halogenated alkanes) is 3. The molecular weight excluding hydrogens is 334 g/mol. The highest BCUT2D eigenvalue weighted by Gasteiger charge is 2.20. The third kappa shape index (κ3) is 2.89. The van der Waals surface area contributed by atoms with E-state index in [1.54, 1.807) is 11.4 Å². The molecule has 0 atom stereocenters. The third-order valence-electron chi connectivity index (χ3n) is 4.76. The highest BCUT2D eigenvalue weighted by Crippen LogP contribution is 2.17. The minimum atomic E-state index is -0.523. The van der Waals surface area contributed by atoms with E-state index in [-0.39, 0.29) is 12.3 Å². The summed E-state index contributed by atoms with van der Waals surface area (Å²) in [6.07, 6.45) is 6.41. The second kappa shape index (κ2) is 6.93. The van der Waals surface area contributed by atoms with Crippen molar-refractivity contribution in [3.8, 4) is 0 Å². The fourth-order valence-electron chi connectivity index (χ4n) is 3.39. The van der Waals surface area contributed by atoms with Gasteiger partial charge in [-0.15, -0.1) is 0 Å². The fraction of sp³-hybridized carbons (Fsp3) is 0.556. The number of hydrogen-bond donors (Lipinski definition) is 0. The fourth-order valence-corrected chi connectivity index (χ4v) is 3.39. The Balaban J connectivity index is 2.20. The first kappa shape index (κ1) is 18.2. The maximum Gasteiger partial charge on any atom is 0.332 e. The van der Waals surface area contributed by atoms with Crippen molar-refractivity contribution in [2.24, 2.45) is 7.05 Å². The largest absolute Gasteiger partial charge is 0.332 e. The lowest BCUT2D eigenvalue weighted by atomic mass is 10.2. The molecule has 0 N–H and O–H groups in total. The summed E-state index contributed by atoms with van der Waals surface area (Å²) < 4.78 is 6.13. The first-order valence-electron chi connectivity index (χ1n) is 9.04. The molecule has 0 spiro atoms. The SMILES string of the molecule is CCCCCCn1c(C)cn2c3c(=O)n(CC(C)=O)c(=O)n(C)c3nc12. The van der Waals surface area contributed by atoms with E-state index < -0.39 is 11.2 Å². The molecule has 8 nitrogen and oxygen atoms in total. The summed E-state index contributed by atoms with van der Waals surface area (Å²) in [6, 6.07) is 0. The minimum absolute atomic E-state index is 0.231. The number of rotatable bonds is 7. The predicted molar refractivity (Wildman–Crippen MR) is 99.7 cm³/mol. The van der Waals surface area contributed by atoms with Crippen LogP contribution in [0.3, 0.4) is 0 Å². The van der Waals surface area contributed by atoms with E-state index >= 15 is 0 Å². The Hall–Kier alpha value is -2.64. The maximum absolute atomic E-state index is 12.9. The molecule has 0 radical (unpaired) electrons. The van der Waals surface area contributed by atoms with Crippen LogP contribution in [0.1, 0.15) is 45.2 Å². The van der Waals surface area contributed by atoms with Gasteiger partial charge in [0.15, 0.2) is 11.2 Å². The number of carbonyl (C=O) groups excluding carboxylic acids is 1. The van der Waals surface area contributed by atoms with Crippen molar-refractivity contribution >= 4 is 22.7 Å². The molecular formula is C18H25N5O3. The topological polar surface area (TPSA) is 83.3 Å². The molecule has 8 heteroatoms. The number of aryl methyl sites for hydroxylation is 3. The minimum Gasteiger partial charge on any atom is -0.314 e. The molecule has 3 heterocycles. The Labute approximate surface area is 150 Å². The van der Waals surface area contributed by atoms with Crippen LogP contribution in [-0.2, 0) is 24.9 Å². The highest BCUT2D eigenvalue weighted by molar-refractivity contribution is 5.77. The van der Waals surface area contributed by atoms with Crippen LogP contribution in [0.15, 0.2) is 15.8 Å². The van der Waals surface area contributed by atoms with Crippen LogP contribution in [0, 0.1) is 6.92 Å². The van der Waals surface area contributed by atoms with Crippen molar-refractivity contribution < 1.29 is 4.79 Å². The monoisotopic (exact) mass is 359 g/mol. The van der Waals surface area contributed by atoms with Gasteiger partial charge in [0, 0.05) is 25.5 Å². The zero-order valence-corrected chi connectivity index (χ0v) is 15.8. The number of carbonyl (C=O) groups is 1. The van der Waals surface area contributed by atoms with Crippen molar-refractivity contribution in [1.82, 2.24) is 23.1 Å². The molecule has 0 aliphatic heterocycles. The van der Waals surface area contributed by atoms with Gasteiger partial charge in [-0.3, -0.25) is 23.1 Å². The van der Waals surface area contributed by atoms with Gasteiger partial charge in [-0.1, -0.05) is 26.2 Å². The Morgan fingerprint density at radius 2 is 1.88 bits per heavy atom. The number of aromatic nitrogens is 5. The van der Waals surface area contributed by atoms with Gasteiger partial charge in [-0.25, -0.2) is 4.79 Å². The van der Waals surface area contributed by atoms with Crippen LogP contribution >= 0.6 is 0 Å². The van der Waals surface area contributed by atoms with Crippen molar-refractivity contribution in [2.75, 3.05) is 0 Å². The number of Topliss-reactive ketones (excluding diaryl/α,β-unsaturated/α-hetero) is 1. The van der Waals surface area contributed by atoms with Crippen molar-refractivity contribution in [2.45, 2.75) is 59.5 Å². The van der Waals surface area contributed by atoms with E-state index in [9.17, 15) is 14.4 Å². The van der Waals surface area contributed by atoms with Crippen LogP contribution in [0.25, 0.3) is 16.9 Å². The van der Waals surface area contributed by atoms with Crippen molar-refractivity contribution in [3.05, 3.63) is 32.7 Å². The predicted octanol–water partition coefficient (Wildman–Crippen LogP) is 1.63. The molecule has 0 unspecified atom stereocenters. The van der Waals surface area contributed by atoms with Crippen molar-refractivity contribution in [1.29, 1.82) is 0 Å². The Morgan fingerprint density at radius 1 is 1.15 bits per heavy atom. The highest BCUT2D eigenvalue weighted by atomic mass is 16.2. The van der Waals surface area contributed by atoms with Crippen molar-refractivity contribution in [3.63, 3.8) is 0 Å². The van der Waals surface area contributed by atoms with Gasteiger partial charge in [0.05, 0.1) is 6.54 Å². The first-order chi connectivity index (χ1) is 12.4. The van der Waals surface area contributed by atoms with Gasteiger partial charge < -0.3 is 4.57 Å². The Kier molecular flexibility index (Phi) is 4.84. The molecule has 0 amide bonds.